The standard InChI is InChI=1S/C10H8F2N2.C2H6/c1-14-5-4-13-10(14)7-2-3-8(11)9(12)6-7;1-2/h2-6H,1H3;1-2H3. The average molecular weight is 224 g/mol. The number of nitrogens with zero attached hydrogens (tertiary/aromatic N) is 2. The van der Waals surface area contributed by atoms with Crippen molar-refractivity contribution in [2.45, 2.75) is 13.8 Å². The van der Waals surface area contributed by atoms with E-state index in [2.05, 4.69) is 4.98 Å². The van der Waals surface area contributed by atoms with Crippen LogP contribution < -0.4 is 0 Å². The topological polar surface area (TPSA) is 17.8 Å². The fourth-order valence-electron chi connectivity index (χ4n) is 1.28. The lowest BCUT2D eigenvalue weighted by molar-refractivity contribution is 0.509. The van der Waals surface area contributed by atoms with Crippen molar-refractivity contribution >= 4 is 0 Å². The number of aromatic nitrogens is 2. The third kappa shape index (κ3) is 2.45. The predicted octanol–water partition coefficient (Wildman–Crippen LogP) is 3.39. The molecular weight excluding hydrogens is 210 g/mol. The summed E-state index contributed by atoms with van der Waals surface area (Å²) in [5.74, 6) is -1.09. The summed E-state index contributed by atoms with van der Waals surface area (Å²) in [5, 5.41) is 0. The Morgan fingerprint density at radius 2 is 1.81 bits per heavy atom. The van der Waals surface area contributed by atoms with Gasteiger partial charge in [-0.05, 0) is 18.2 Å². The monoisotopic (exact) mass is 224 g/mol. The smallest absolute Gasteiger partial charge is 0.159 e. The Kier molecular flexibility index (Phi) is 4.17. The van der Waals surface area contributed by atoms with Gasteiger partial charge in [0.1, 0.15) is 5.82 Å². The van der Waals surface area contributed by atoms with Gasteiger partial charge in [0.15, 0.2) is 11.6 Å². The number of halogens is 2. The normalized spacial score (nSPS) is 9.56. The SMILES string of the molecule is CC.Cn1ccnc1-c1ccc(F)c(F)c1. The number of aryl methyl sites for hydroxylation is 1. The van der Waals surface area contributed by atoms with E-state index in [0.717, 1.165) is 12.1 Å². The Bertz CT molecular complexity index is 464. The largest absolute Gasteiger partial charge is 0.334 e. The van der Waals surface area contributed by atoms with Crippen molar-refractivity contribution in [2.75, 3.05) is 0 Å². The van der Waals surface area contributed by atoms with Crippen LogP contribution in [-0.2, 0) is 7.05 Å². The molecule has 0 aliphatic carbocycles. The highest BCUT2D eigenvalue weighted by Gasteiger charge is 2.07. The molecular formula is C12H14F2N2. The summed E-state index contributed by atoms with van der Waals surface area (Å²) in [5.41, 5.74) is 0.566. The molecule has 0 N–H and O–H groups in total. The van der Waals surface area contributed by atoms with Gasteiger partial charge in [-0.1, -0.05) is 13.8 Å². The van der Waals surface area contributed by atoms with E-state index in [1.54, 1.807) is 24.0 Å². The molecule has 0 fully saturated rings. The maximum atomic E-state index is 12.9. The molecule has 1 heterocycles. The van der Waals surface area contributed by atoms with E-state index < -0.39 is 11.6 Å². The second-order valence-corrected chi connectivity index (χ2v) is 2.99. The van der Waals surface area contributed by atoms with Crippen LogP contribution in [0.5, 0.6) is 0 Å². The summed E-state index contributed by atoms with van der Waals surface area (Å²) in [6.45, 7) is 4.00. The van der Waals surface area contributed by atoms with Crippen LogP contribution in [0.4, 0.5) is 8.78 Å². The van der Waals surface area contributed by atoms with Crippen LogP contribution in [0.25, 0.3) is 11.4 Å². The zero-order valence-corrected chi connectivity index (χ0v) is 9.54. The Hall–Kier alpha value is -1.71. The van der Waals surface area contributed by atoms with E-state index in [4.69, 9.17) is 0 Å². The maximum absolute atomic E-state index is 12.9. The van der Waals surface area contributed by atoms with Crippen LogP contribution in [0.2, 0.25) is 0 Å². The molecule has 0 unspecified atom stereocenters. The van der Waals surface area contributed by atoms with Gasteiger partial charge in [0, 0.05) is 25.0 Å². The first-order valence-electron chi connectivity index (χ1n) is 5.11. The number of hydrogen-bond donors (Lipinski definition) is 0. The number of imidazole rings is 1. The molecule has 0 aliphatic heterocycles. The molecule has 16 heavy (non-hydrogen) atoms. The quantitative estimate of drug-likeness (QED) is 0.726. The minimum atomic E-state index is -0.856. The van der Waals surface area contributed by atoms with Crippen LogP contribution in [0.15, 0.2) is 30.6 Å². The molecule has 1 aromatic heterocycles. The Labute approximate surface area is 93.6 Å². The van der Waals surface area contributed by atoms with Gasteiger partial charge in [-0.25, -0.2) is 13.8 Å². The van der Waals surface area contributed by atoms with Crippen molar-refractivity contribution in [3.05, 3.63) is 42.2 Å². The summed E-state index contributed by atoms with van der Waals surface area (Å²) in [4.78, 5) is 4.03. The van der Waals surface area contributed by atoms with E-state index in [1.165, 1.54) is 6.07 Å². The van der Waals surface area contributed by atoms with E-state index in [0.29, 0.717) is 11.4 Å². The minimum Gasteiger partial charge on any atom is -0.334 e. The van der Waals surface area contributed by atoms with Crippen molar-refractivity contribution in [2.24, 2.45) is 7.05 Å². The van der Waals surface area contributed by atoms with Crippen LogP contribution in [-0.4, -0.2) is 9.55 Å². The molecule has 86 valence electrons. The lowest BCUT2D eigenvalue weighted by atomic mass is 10.2. The van der Waals surface area contributed by atoms with Gasteiger partial charge >= 0.3 is 0 Å². The number of benzene rings is 1. The van der Waals surface area contributed by atoms with Crippen molar-refractivity contribution in [1.82, 2.24) is 9.55 Å². The molecule has 2 aromatic rings. The third-order valence-electron chi connectivity index (χ3n) is 2.00. The molecule has 0 amide bonds. The molecule has 1 aromatic carbocycles. The highest BCUT2D eigenvalue weighted by atomic mass is 19.2. The maximum Gasteiger partial charge on any atom is 0.159 e. The molecule has 0 atom stereocenters. The van der Waals surface area contributed by atoms with Gasteiger partial charge in [0.05, 0.1) is 0 Å². The average Bonchev–Trinajstić information content (AvgIpc) is 2.72. The molecule has 0 bridgehead atoms. The van der Waals surface area contributed by atoms with Crippen LogP contribution >= 0.6 is 0 Å². The Morgan fingerprint density at radius 1 is 1.12 bits per heavy atom. The van der Waals surface area contributed by atoms with Gasteiger partial charge in [0.2, 0.25) is 0 Å². The molecule has 0 saturated carbocycles. The van der Waals surface area contributed by atoms with Gasteiger partial charge in [-0.3, -0.25) is 0 Å². The summed E-state index contributed by atoms with van der Waals surface area (Å²) >= 11 is 0. The Balaban J connectivity index is 0.000000606. The van der Waals surface area contributed by atoms with Gasteiger partial charge < -0.3 is 4.57 Å². The van der Waals surface area contributed by atoms with Crippen molar-refractivity contribution in [3.63, 3.8) is 0 Å². The molecule has 0 radical (unpaired) electrons. The van der Waals surface area contributed by atoms with Crippen LogP contribution in [0, 0.1) is 11.6 Å². The molecule has 2 rings (SSSR count). The number of hydrogen-bond acceptors (Lipinski definition) is 1. The fourth-order valence-corrected chi connectivity index (χ4v) is 1.28. The lowest BCUT2D eigenvalue weighted by Crippen LogP contribution is -1.93. The van der Waals surface area contributed by atoms with E-state index in [1.807, 2.05) is 13.8 Å². The second-order valence-electron chi connectivity index (χ2n) is 2.99. The minimum absolute atomic E-state index is 0.566. The predicted molar refractivity (Wildman–Crippen MR) is 59.9 cm³/mol. The van der Waals surface area contributed by atoms with E-state index in [-0.39, 0.29) is 0 Å². The zero-order valence-electron chi connectivity index (χ0n) is 9.54. The summed E-state index contributed by atoms with van der Waals surface area (Å²) in [6.07, 6.45) is 3.35. The molecule has 0 aliphatic rings. The fraction of sp³-hybridized carbons (Fsp3) is 0.250. The van der Waals surface area contributed by atoms with Crippen molar-refractivity contribution < 1.29 is 8.78 Å². The summed E-state index contributed by atoms with van der Waals surface area (Å²) in [6, 6.07) is 3.73. The first kappa shape index (κ1) is 12.4. The molecule has 0 spiro atoms. The summed E-state index contributed by atoms with van der Waals surface area (Å²) in [7, 11) is 1.80. The van der Waals surface area contributed by atoms with Gasteiger partial charge in [-0.2, -0.15) is 0 Å². The summed E-state index contributed by atoms with van der Waals surface area (Å²) < 4.78 is 27.3. The molecule has 4 heteroatoms. The number of rotatable bonds is 1. The first-order valence-corrected chi connectivity index (χ1v) is 5.11. The highest BCUT2D eigenvalue weighted by molar-refractivity contribution is 5.55. The van der Waals surface area contributed by atoms with Gasteiger partial charge in [-0.15, -0.1) is 0 Å². The highest BCUT2D eigenvalue weighted by Crippen LogP contribution is 2.18. The van der Waals surface area contributed by atoms with E-state index in [9.17, 15) is 8.78 Å². The zero-order chi connectivity index (χ0) is 12.1. The molecule has 2 nitrogen and oxygen atoms in total. The van der Waals surface area contributed by atoms with Crippen molar-refractivity contribution in [1.29, 1.82) is 0 Å². The third-order valence-corrected chi connectivity index (χ3v) is 2.00. The van der Waals surface area contributed by atoms with E-state index >= 15 is 0 Å². The van der Waals surface area contributed by atoms with Crippen LogP contribution in [0.3, 0.4) is 0 Å². The first-order chi connectivity index (χ1) is 7.68. The Morgan fingerprint density at radius 3 is 2.31 bits per heavy atom. The molecule has 0 saturated heterocycles. The van der Waals surface area contributed by atoms with Gasteiger partial charge in [0.25, 0.3) is 0 Å². The van der Waals surface area contributed by atoms with Crippen molar-refractivity contribution in [3.8, 4) is 11.4 Å². The second kappa shape index (κ2) is 5.39. The lowest BCUT2D eigenvalue weighted by Gasteiger charge is -2.01. The van der Waals surface area contributed by atoms with Crippen LogP contribution in [0.1, 0.15) is 13.8 Å².